The number of thiocarbonyl (C=S) groups is 1. The van der Waals surface area contributed by atoms with Crippen molar-refractivity contribution in [1.82, 2.24) is 10.9 Å². The van der Waals surface area contributed by atoms with E-state index < -0.39 is 12.0 Å². The SMILES string of the molecule is CCCOC[C@@H](O)C[C@H](Cc1ccccc1)C(=O)NNC(=S)Nc1ccccc1. The van der Waals surface area contributed by atoms with Gasteiger partial charge in [-0.2, -0.15) is 0 Å². The standard InChI is InChI=1S/C22H29N3O3S/c1-2-13-28-16-20(26)15-18(14-17-9-5-3-6-10-17)21(27)24-25-22(29)23-19-11-7-4-8-12-19/h3-12,18,20,26H,2,13-16H2,1H3,(H,24,27)(H2,23,25,29)/t18-,20-/m0/s1. The van der Waals surface area contributed by atoms with Crippen molar-refractivity contribution < 1.29 is 14.6 Å². The smallest absolute Gasteiger partial charge is 0.241 e. The van der Waals surface area contributed by atoms with Crippen molar-refractivity contribution >= 4 is 28.9 Å². The van der Waals surface area contributed by atoms with Crippen molar-refractivity contribution in [3.8, 4) is 0 Å². The van der Waals surface area contributed by atoms with E-state index in [4.69, 9.17) is 17.0 Å². The van der Waals surface area contributed by atoms with Gasteiger partial charge < -0.3 is 15.2 Å². The fourth-order valence-corrected chi connectivity index (χ4v) is 3.01. The Morgan fingerprint density at radius 3 is 2.38 bits per heavy atom. The van der Waals surface area contributed by atoms with Gasteiger partial charge in [-0.1, -0.05) is 55.5 Å². The van der Waals surface area contributed by atoms with Gasteiger partial charge in [0.05, 0.1) is 12.7 Å². The highest BCUT2D eigenvalue weighted by molar-refractivity contribution is 7.80. The third-order valence-electron chi connectivity index (χ3n) is 4.24. The second-order valence-corrected chi connectivity index (χ2v) is 7.19. The summed E-state index contributed by atoms with van der Waals surface area (Å²) < 4.78 is 5.41. The summed E-state index contributed by atoms with van der Waals surface area (Å²) in [5, 5.41) is 13.6. The third-order valence-corrected chi connectivity index (χ3v) is 4.45. The molecule has 156 valence electrons. The Labute approximate surface area is 177 Å². The molecule has 0 aliphatic carbocycles. The topological polar surface area (TPSA) is 82.6 Å². The van der Waals surface area contributed by atoms with E-state index in [0.29, 0.717) is 19.4 Å². The Bertz CT molecular complexity index is 743. The van der Waals surface area contributed by atoms with Crippen LogP contribution in [0.25, 0.3) is 0 Å². The average Bonchev–Trinajstić information content (AvgIpc) is 2.73. The molecule has 0 saturated heterocycles. The molecule has 2 aromatic carbocycles. The molecule has 0 fully saturated rings. The molecule has 2 atom stereocenters. The number of benzene rings is 2. The molecule has 0 heterocycles. The summed E-state index contributed by atoms with van der Waals surface area (Å²) in [5.74, 6) is -0.662. The molecule has 6 nitrogen and oxygen atoms in total. The van der Waals surface area contributed by atoms with Crippen LogP contribution in [0, 0.1) is 5.92 Å². The van der Waals surface area contributed by atoms with Crippen LogP contribution in [0.5, 0.6) is 0 Å². The Hall–Kier alpha value is -2.48. The van der Waals surface area contributed by atoms with Gasteiger partial charge in [0, 0.05) is 18.2 Å². The summed E-state index contributed by atoms with van der Waals surface area (Å²) in [6.45, 7) is 2.82. The predicted molar refractivity (Wildman–Crippen MR) is 119 cm³/mol. The Balaban J connectivity index is 1.91. The molecule has 7 heteroatoms. The van der Waals surface area contributed by atoms with E-state index in [1.54, 1.807) is 0 Å². The lowest BCUT2D eigenvalue weighted by molar-refractivity contribution is -0.127. The van der Waals surface area contributed by atoms with Gasteiger partial charge in [0.15, 0.2) is 5.11 Å². The molecular formula is C22H29N3O3S. The zero-order chi connectivity index (χ0) is 20.9. The number of rotatable bonds is 10. The van der Waals surface area contributed by atoms with Crippen LogP contribution in [0.3, 0.4) is 0 Å². The first-order chi connectivity index (χ1) is 14.1. The molecule has 1 amide bonds. The van der Waals surface area contributed by atoms with Gasteiger partial charge in [-0.25, -0.2) is 0 Å². The van der Waals surface area contributed by atoms with Crippen LogP contribution >= 0.6 is 12.2 Å². The van der Waals surface area contributed by atoms with Gasteiger partial charge in [0.25, 0.3) is 0 Å². The fraction of sp³-hybridized carbons (Fsp3) is 0.364. The fourth-order valence-electron chi connectivity index (χ4n) is 2.85. The van der Waals surface area contributed by atoms with Crippen molar-refractivity contribution in [2.45, 2.75) is 32.3 Å². The summed E-state index contributed by atoms with van der Waals surface area (Å²) in [4.78, 5) is 12.8. The third kappa shape index (κ3) is 9.04. The summed E-state index contributed by atoms with van der Waals surface area (Å²) in [7, 11) is 0. The quantitative estimate of drug-likeness (QED) is 0.271. The number of aliphatic hydroxyl groups is 1. The first-order valence-corrected chi connectivity index (χ1v) is 10.2. The van der Waals surface area contributed by atoms with E-state index in [0.717, 1.165) is 17.7 Å². The molecule has 4 N–H and O–H groups in total. The van der Waals surface area contributed by atoms with Gasteiger partial charge in [0.2, 0.25) is 5.91 Å². The van der Waals surface area contributed by atoms with Crippen LogP contribution in [0.2, 0.25) is 0 Å². The van der Waals surface area contributed by atoms with Gasteiger partial charge in [-0.05, 0) is 49.2 Å². The average molecular weight is 416 g/mol. The second-order valence-electron chi connectivity index (χ2n) is 6.79. The van der Waals surface area contributed by atoms with Crippen LogP contribution in [-0.2, 0) is 16.0 Å². The number of amides is 1. The lowest BCUT2D eigenvalue weighted by atomic mass is 9.93. The minimum absolute atomic E-state index is 0.216. The number of hydrogen-bond donors (Lipinski definition) is 4. The van der Waals surface area contributed by atoms with Crippen molar-refractivity contribution in [3.63, 3.8) is 0 Å². The first-order valence-electron chi connectivity index (χ1n) is 9.80. The van der Waals surface area contributed by atoms with E-state index in [9.17, 15) is 9.90 Å². The number of anilines is 1. The van der Waals surface area contributed by atoms with Crippen LogP contribution in [0.4, 0.5) is 5.69 Å². The Morgan fingerprint density at radius 1 is 1.07 bits per heavy atom. The zero-order valence-electron chi connectivity index (χ0n) is 16.6. The number of carbonyl (C=O) groups excluding carboxylic acids is 1. The minimum atomic E-state index is -0.713. The minimum Gasteiger partial charge on any atom is -0.391 e. The Kier molecular flexibility index (Phi) is 10.1. The van der Waals surface area contributed by atoms with E-state index in [-0.39, 0.29) is 17.6 Å². The van der Waals surface area contributed by atoms with Crippen LogP contribution in [0.1, 0.15) is 25.3 Å². The molecule has 2 rings (SSSR count). The molecule has 0 aromatic heterocycles. The molecular weight excluding hydrogens is 386 g/mol. The molecule has 29 heavy (non-hydrogen) atoms. The summed E-state index contributed by atoms with van der Waals surface area (Å²) in [6, 6.07) is 19.2. The van der Waals surface area contributed by atoms with E-state index in [1.807, 2.05) is 67.6 Å². The van der Waals surface area contributed by atoms with Crippen LogP contribution in [0.15, 0.2) is 60.7 Å². The number of para-hydroxylation sites is 1. The van der Waals surface area contributed by atoms with Crippen molar-refractivity contribution in [3.05, 3.63) is 66.2 Å². The van der Waals surface area contributed by atoms with Gasteiger partial charge in [0.1, 0.15) is 0 Å². The number of carbonyl (C=O) groups is 1. The van der Waals surface area contributed by atoms with Crippen molar-refractivity contribution in [1.29, 1.82) is 0 Å². The van der Waals surface area contributed by atoms with Gasteiger partial charge in [-0.15, -0.1) is 0 Å². The van der Waals surface area contributed by atoms with Crippen molar-refractivity contribution in [2.75, 3.05) is 18.5 Å². The molecule has 0 unspecified atom stereocenters. The predicted octanol–water partition coefficient (Wildman–Crippen LogP) is 3.04. The maximum atomic E-state index is 12.8. The Morgan fingerprint density at radius 2 is 1.72 bits per heavy atom. The number of hydrazine groups is 1. The second kappa shape index (κ2) is 12.9. The highest BCUT2D eigenvalue weighted by atomic mass is 32.1. The number of hydrogen-bond acceptors (Lipinski definition) is 4. The molecule has 0 spiro atoms. The maximum absolute atomic E-state index is 12.8. The molecule has 0 aliphatic rings. The molecule has 0 radical (unpaired) electrons. The van der Waals surface area contributed by atoms with E-state index in [2.05, 4.69) is 16.2 Å². The highest BCUT2D eigenvalue weighted by Gasteiger charge is 2.23. The van der Waals surface area contributed by atoms with Gasteiger partial charge >= 0.3 is 0 Å². The number of aliphatic hydroxyl groups excluding tert-OH is 1. The number of nitrogens with one attached hydrogen (secondary N) is 3. The maximum Gasteiger partial charge on any atom is 0.241 e. The highest BCUT2D eigenvalue weighted by Crippen LogP contribution is 2.15. The van der Waals surface area contributed by atoms with Crippen LogP contribution in [-0.4, -0.2) is 35.4 Å². The van der Waals surface area contributed by atoms with Gasteiger partial charge in [-0.3, -0.25) is 15.6 Å². The largest absolute Gasteiger partial charge is 0.391 e. The lowest BCUT2D eigenvalue weighted by Gasteiger charge is -2.21. The lowest BCUT2D eigenvalue weighted by Crippen LogP contribution is -2.47. The molecule has 2 aromatic rings. The van der Waals surface area contributed by atoms with Crippen LogP contribution < -0.4 is 16.2 Å². The zero-order valence-corrected chi connectivity index (χ0v) is 17.5. The monoisotopic (exact) mass is 415 g/mol. The molecule has 0 saturated carbocycles. The molecule has 0 aliphatic heterocycles. The normalized spacial score (nSPS) is 12.6. The summed E-state index contributed by atoms with van der Waals surface area (Å²) in [5.41, 5.74) is 7.23. The first kappa shape index (κ1) is 22.8. The summed E-state index contributed by atoms with van der Waals surface area (Å²) >= 11 is 5.22. The van der Waals surface area contributed by atoms with Crippen molar-refractivity contribution in [2.24, 2.45) is 5.92 Å². The molecule has 0 bridgehead atoms. The van der Waals surface area contributed by atoms with E-state index in [1.165, 1.54) is 0 Å². The van der Waals surface area contributed by atoms with E-state index >= 15 is 0 Å². The summed E-state index contributed by atoms with van der Waals surface area (Å²) in [6.07, 6.45) is 0.981. The number of ether oxygens (including phenoxy) is 1.